The van der Waals surface area contributed by atoms with Crippen molar-refractivity contribution in [2.45, 2.75) is 19.5 Å². The first-order valence-electron chi connectivity index (χ1n) is 7.63. The molecule has 21 heavy (non-hydrogen) atoms. The van der Waals surface area contributed by atoms with Crippen molar-refractivity contribution in [3.63, 3.8) is 0 Å². The first kappa shape index (κ1) is 16.0. The van der Waals surface area contributed by atoms with Gasteiger partial charge in [0.15, 0.2) is 0 Å². The van der Waals surface area contributed by atoms with Gasteiger partial charge >= 0.3 is 0 Å². The maximum absolute atomic E-state index is 5.05. The predicted molar refractivity (Wildman–Crippen MR) is 88.7 cm³/mol. The first-order chi connectivity index (χ1) is 10.2. The minimum absolute atomic E-state index is 0.753. The molecule has 0 atom stereocenters. The third-order valence-corrected chi connectivity index (χ3v) is 3.65. The number of aromatic nitrogens is 1. The van der Waals surface area contributed by atoms with Gasteiger partial charge in [-0.1, -0.05) is 12.1 Å². The van der Waals surface area contributed by atoms with Gasteiger partial charge in [0, 0.05) is 38.5 Å². The Hall–Kier alpha value is -1.36. The molecular weight excluding hydrogens is 262 g/mol. The number of hydrogen-bond donors (Lipinski definition) is 1. The average molecular weight is 289 g/mol. The van der Waals surface area contributed by atoms with Gasteiger partial charge in [0.25, 0.3) is 0 Å². The second kappa shape index (κ2) is 8.17. The molecule has 2 aromatic rings. The van der Waals surface area contributed by atoms with Gasteiger partial charge in [0.05, 0.1) is 6.61 Å². The van der Waals surface area contributed by atoms with E-state index in [4.69, 9.17) is 4.74 Å². The summed E-state index contributed by atoms with van der Waals surface area (Å²) in [7, 11) is 5.98. The number of aryl methyl sites for hydroxylation is 1. The van der Waals surface area contributed by atoms with Crippen LogP contribution in [0.2, 0.25) is 0 Å². The molecule has 0 spiro atoms. The summed E-state index contributed by atoms with van der Waals surface area (Å²) in [4.78, 5) is 2.23. The molecule has 0 saturated carbocycles. The zero-order valence-corrected chi connectivity index (χ0v) is 13.4. The Morgan fingerprint density at radius 3 is 2.86 bits per heavy atom. The highest BCUT2D eigenvalue weighted by molar-refractivity contribution is 5.80. The van der Waals surface area contributed by atoms with Crippen LogP contribution < -0.4 is 5.32 Å². The fraction of sp³-hybridized carbons (Fsp3) is 0.529. The lowest BCUT2D eigenvalue weighted by atomic mass is 10.1. The summed E-state index contributed by atoms with van der Waals surface area (Å²) in [5.74, 6) is 0. The zero-order valence-electron chi connectivity index (χ0n) is 13.4. The molecule has 0 unspecified atom stereocenters. The van der Waals surface area contributed by atoms with Crippen LogP contribution in [0.1, 0.15) is 12.0 Å². The first-order valence-corrected chi connectivity index (χ1v) is 7.63. The molecule has 1 N–H and O–H groups in total. The fourth-order valence-corrected chi connectivity index (χ4v) is 2.50. The van der Waals surface area contributed by atoms with Gasteiger partial charge in [-0.2, -0.15) is 0 Å². The van der Waals surface area contributed by atoms with Gasteiger partial charge in [-0.05, 0) is 50.1 Å². The minimum atomic E-state index is 0.753. The van der Waals surface area contributed by atoms with Crippen molar-refractivity contribution in [1.29, 1.82) is 0 Å². The second-order valence-corrected chi connectivity index (χ2v) is 5.73. The highest BCUT2D eigenvalue weighted by atomic mass is 16.5. The molecule has 116 valence electrons. The van der Waals surface area contributed by atoms with Crippen molar-refractivity contribution >= 4 is 10.9 Å². The molecule has 4 heteroatoms. The second-order valence-electron chi connectivity index (χ2n) is 5.73. The van der Waals surface area contributed by atoms with Crippen molar-refractivity contribution in [3.8, 4) is 0 Å². The number of nitrogens with zero attached hydrogens (tertiary/aromatic N) is 2. The van der Waals surface area contributed by atoms with E-state index < -0.39 is 0 Å². The van der Waals surface area contributed by atoms with Gasteiger partial charge in [-0.3, -0.25) is 0 Å². The Bertz CT molecular complexity index is 548. The van der Waals surface area contributed by atoms with Gasteiger partial charge in [0.1, 0.15) is 0 Å². The molecule has 0 fully saturated rings. The lowest BCUT2D eigenvalue weighted by Crippen LogP contribution is -2.18. The number of rotatable bonds is 9. The maximum Gasteiger partial charge on any atom is 0.0587 e. The largest absolute Gasteiger partial charge is 0.383 e. The van der Waals surface area contributed by atoms with E-state index in [1.807, 2.05) is 0 Å². The number of fused-ring (bicyclic) bond motifs is 1. The molecule has 0 saturated heterocycles. The quantitative estimate of drug-likeness (QED) is 0.719. The van der Waals surface area contributed by atoms with Crippen molar-refractivity contribution in [1.82, 2.24) is 14.8 Å². The Kier molecular flexibility index (Phi) is 6.23. The predicted octanol–water partition coefficient (Wildman–Crippen LogP) is 2.33. The van der Waals surface area contributed by atoms with Crippen molar-refractivity contribution < 1.29 is 4.74 Å². The summed E-state index contributed by atoms with van der Waals surface area (Å²) >= 11 is 0. The molecule has 0 radical (unpaired) electrons. The van der Waals surface area contributed by atoms with Gasteiger partial charge in [-0.25, -0.2) is 0 Å². The molecular formula is C17H27N3O. The Labute approximate surface area is 127 Å². The Morgan fingerprint density at radius 1 is 1.24 bits per heavy atom. The van der Waals surface area contributed by atoms with Crippen LogP contribution in [0, 0.1) is 0 Å². The molecule has 2 rings (SSSR count). The number of ether oxygens (including phenoxy) is 1. The molecule has 0 amide bonds. The molecule has 0 aliphatic carbocycles. The van der Waals surface area contributed by atoms with Crippen molar-refractivity contribution in [3.05, 3.63) is 36.0 Å². The van der Waals surface area contributed by atoms with E-state index in [0.717, 1.165) is 32.8 Å². The Morgan fingerprint density at radius 2 is 2.10 bits per heavy atom. The highest BCUT2D eigenvalue weighted by Crippen LogP contribution is 2.18. The van der Waals surface area contributed by atoms with Gasteiger partial charge in [-0.15, -0.1) is 0 Å². The lowest BCUT2D eigenvalue weighted by Gasteiger charge is -2.11. The third-order valence-electron chi connectivity index (χ3n) is 3.65. The van der Waals surface area contributed by atoms with Crippen LogP contribution in [0.25, 0.3) is 10.9 Å². The zero-order chi connectivity index (χ0) is 15.1. The van der Waals surface area contributed by atoms with Crippen LogP contribution in [0.5, 0.6) is 0 Å². The summed E-state index contributed by atoms with van der Waals surface area (Å²) in [6.07, 6.45) is 3.37. The van der Waals surface area contributed by atoms with E-state index >= 15 is 0 Å². The van der Waals surface area contributed by atoms with E-state index in [0.29, 0.717) is 0 Å². The topological polar surface area (TPSA) is 29.4 Å². The van der Waals surface area contributed by atoms with Crippen molar-refractivity contribution in [2.75, 3.05) is 40.9 Å². The monoisotopic (exact) mass is 289 g/mol. The molecule has 1 aromatic heterocycles. The number of benzene rings is 1. The molecule has 4 nitrogen and oxygen atoms in total. The number of nitrogens with one attached hydrogen (secondary N) is 1. The average Bonchev–Trinajstić information content (AvgIpc) is 2.86. The van der Waals surface area contributed by atoms with Gasteiger partial charge in [0.2, 0.25) is 0 Å². The molecule has 0 bridgehead atoms. The summed E-state index contributed by atoms with van der Waals surface area (Å²) in [6.45, 7) is 4.73. The van der Waals surface area contributed by atoms with Crippen LogP contribution >= 0.6 is 0 Å². The molecule has 1 heterocycles. The lowest BCUT2D eigenvalue weighted by molar-refractivity contribution is 0.199. The van der Waals surface area contributed by atoms with E-state index in [1.165, 1.54) is 22.9 Å². The fourth-order valence-electron chi connectivity index (χ4n) is 2.50. The standard InChI is InChI=1S/C17H27N3O/c1-19(2)9-4-10-20-11-7-16-6-5-15(13-17(16)20)14-18-8-12-21-3/h5-7,11,13,18H,4,8-10,12,14H2,1-3H3. The van der Waals surface area contributed by atoms with Crippen LogP contribution in [0.4, 0.5) is 0 Å². The summed E-state index contributed by atoms with van der Waals surface area (Å²) in [6, 6.07) is 8.91. The smallest absolute Gasteiger partial charge is 0.0587 e. The molecule has 1 aromatic carbocycles. The van der Waals surface area contributed by atoms with Crippen LogP contribution in [-0.2, 0) is 17.8 Å². The third kappa shape index (κ3) is 4.84. The SMILES string of the molecule is COCCNCc1ccc2ccn(CCCN(C)C)c2c1. The van der Waals surface area contributed by atoms with E-state index in [9.17, 15) is 0 Å². The molecule has 0 aliphatic rings. The minimum Gasteiger partial charge on any atom is -0.383 e. The van der Waals surface area contributed by atoms with Crippen LogP contribution in [0.3, 0.4) is 0 Å². The van der Waals surface area contributed by atoms with Crippen LogP contribution in [0.15, 0.2) is 30.5 Å². The summed E-state index contributed by atoms with van der Waals surface area (Å²) in [5, 5.41) is 4.72. The Balaban J connectivity index is 1.99. The normalized spacial score (nSPS) is 11.6. The summed E-state index contributed by atoms with van der Waals surface area (Å²) < 4.78 is 7.41. The number of hydrogen-bond acceptors (Lipinski definition) is 3. The van der Waals surface area contributed by atoms with Crippen molar-refractivity contribution in [2.24, 2.45) is 0 Å². The summed E-state index contributed by atoms with van der Waals surface area (Å²) in [5.41, 5.74) is 2.66. The van der Waals surface area contributed by atoms with E-state index in [-0.39, 0.29) is 0 Å². The van der Waals surface area contributed by atoms with Crippen LogP contribution in [-0.4, -0.2) is 50.4 Å². The van der Waals surface area contributed by atoms with Gasteiger partial charge < -0.3 is 19.5 Å². The highest BCUT2D eigenvalue weighted by Gasteiger charge is 2.03. The maximum atomic E-state index is 5.05. The van der Waals surface area contributed by atoms with E-state index in [2.05, 4.69) is 59.3 Å². The van der Waals surface area contributed by atoms with E-state index in [1.54, 1.807) is 7.11 Å². The number of methoxy groups -OCH3 is 1. The molecule has 0 aliphatic heterocycles.